The van der Waals surface area contributed by atoms with Gasteiger partial charge in [0.1, 0.15) is 22.9 Å². The zero-order valence-corrected chi connectivity index (χ0v) is 21.8. The molecule has 0 aromatic heterocycles. The first-order valence-corrected chi connectivity index (χ1v) is 12.1. The normalized spacial score (nSPS) is 10.3. The van der Waals surface area contributed by atoms with Crippen LogP contribution in [-0.2, 0) is 19.1 Å². The molecule has 3 aromatic carbocycles. The third-order valence-electron chi connectivity index (χ3n) is 5.68. The summed E-state index contributed by atoms with van der Waals surface area (Å²) in [6.07, 6.45) is 0.197. The van der Waals surface area contributed by atoms with Crippen molar-refractivity contribution < 1.29 is 33.5 Å². The van der Waals surface area contributed by atoms with Gasteiger partial charge in [-0.25, -0.2) is 0 Å². The number of methoxy groups -OCH3 is 1. The first-order chi connectivity index (χ1) is 18.6. The summed E-state index contributed by atoms with van der Waals surface area (Å²) in [6.45, 7) is 3.41. The third-order valence-corrected chi connectivity index (χ3v) is 5.68. The number of esters is 1. The molecule has 3 rings (SSSR count). The van der Waals surface area contributed by atoms with Crippen molar-refractivity contribution in [2.45, 2.75) is 33.1 Å². The number of benzene rings is 3. The van der Waals surface area contributed by atoms with Crippen LogP contribution in [0.1, 0.15) is 30.4 Å². The second kappa shape index (κ2) is 13.6. The van der Waals surface area contributed by atoms with Crippen LogP contribution in [0.3, 0.4) is 0 Å². The molecule has 39 heavy (non-hydrogen) atoms. The summed E-state index contributed by atoms with van der Waals surface area (Å²) >= 11 is 0. The van der Waals surface area contributed by atoms with Gasteiger partial charge in [-0.3, -0.25) is 24.5 Å². The molecule has 11 heteroatoms. The van der Waals surface area contributed by atoms with Gasteiger partial charge < -0.3 is 24.8 Å². The summed E-state index contributed by atoms with van der Waals surface area (Å²) in [5.74, 6) is -0.0419. The van der Waals surface area contributed by atoms with Crippen molar-refractivity contribution in [1.82, 2.24) is 0 Å². The predicted molar refractivity (Wildman–Crippen MR) is 144 cm³/mol. The molecule has 204 valence electrons. The Bertz CT molecular complexity index is 1360. The number of anilines is 2. The van der Waals surface area contributed by atoms with E-state index in [2.05, 4.69) is 10.6 Å². The van der Waals surface area contributed by atoms with E-state index in [0.717, 1.165) is 11.3 Å². The number of carbonyl (C=O) groups is 3. The van der Waals surface area contributed by atoms with Crippen LogP contribution in [0.25, 0.3) is 0 Å². The molecule has 11 nitrogen and oxygen atoms in total. The van der Waals surface area contributed by atoms with E-state index < -0.39 is 23.4 Å². The number of hydrogen-bond donors (Lipinski definition) is 2. The second-order valence-corrected chi connectivity index (χ2v) is 8.62. The number of nitro benzene ring substituents is 1. The molecule has 0 unspecified atom stereocenters. The van der Waals surface area contributed by atoms with Gasteiger partial charge in [-0.1, -0.05) is 6.07 Å². The molecule has 2 N–H and O–H groups in total. The summed E-state index contributed by atoms with van der Waals surface area (Å²) in [5.41, 5.74) is 2.48. The highest BCUT2D eigenvalue weighted by atomic mass is 16.6. The average molecular weight is 536 g/mol. The first-order valence-electron chi connectivity index (χ1n) is 12.1. The van der Waals surface area contributed by atoms with E-state index in [0.29, 0.717) is 17.2 Å². The van der Waals surface area contributed by atoms with E-state index in [1.807, 2.05) is 32.0 Å². The number of aryl methyl sites for hydroxylation is 2. The molecule has 0 aliphatic carbocycles. The number of nitrogens with zero attached hydrogens (tertiary/aromatic N) is 1. The van der Waals surface area contributed by atoms with E-state index >= 15 is 0 Å². The molecule has 0 radical (unpaired) electrons. The predicted octanol–water partition coefficient (Wildman–Crippen LogP) is 5.30. The van der Waals surface area contributed by atoms with E-state index in [9.17, 15) is 24.5 Å². The van der Waals surface area contributed by atoms with Crippen molar-refractivity contribution in [3.63, 3.8) is 0 Å². The van der Waals surface area contributed by atoms with E-state index in [1.165, 1.54) is 30.9 Å². The molecule has 0 heterocycles. The molecule has 2 amide bonds. The van der Waals surface area contributed by atoms with Crippen molar-refractivity contribution in [3.8, 4) is 17.2 Å². The molecule has 0 aliphatic heterocycles. The lowest BCUT2D eigenvalue weighted by Crippen LogP contribution is -2.21. The Morgan fingerprint density at radius 1 is 0.821 bits per heavy atom. The van der Waals surface area contributed by atoms with Crippen molar-refractivity contribution >= 4 is 34.8 Å². The number of rotatable bonds is 12. The summed E-state index contributed by atoms with van der Waals surface area (Å²) in [4.78, 5) is 46.8. The molecular weight excluding hydrogens is 506 g/mol. The Morgan fingerprint density at radius 2 is 1.51 bits per heavy atom. The molecule has 0 saturated heterocycles. The molecule has 0 spiro atoms. The minimum Gasteiger partial charge on any atom is -0.497 e. The fourth-order valence-corrected chi connectivity index (χ4v) is 3.44. The Hall–Kier alpha value is -4.93. The summed E-state index contributed by atoms with van der Waals surface area (Å²) in [6, 6.07) is 16.6. The fraction of sp³-hybridized carbons (Fsp3) is 0.250. The quantitative estimate of drug-likeness (QED) is 0.180. The SMILES string of the molecule is COc1ccc([N+](=O)[O-])c(NC(=O)COC(=O)CCCC(=O)Nc2ccc(Oc3ccc(C)c(C)c3)cc2)c1. The summed E-state index contributed by atoms with van der Waals surface area (Å²) in [7, 11) is 1.38. The molecule has 0 atom stereocenters. The van der Waals surface area contributed by atoms with Crippen LogP contribution in [0.15, 0.2) is 60.7 Å². The highest BCUT2D eigenvalue weighted by Gasteiger charge is 2.18. The number of carbonyl (C=O) groups excluding carboxylic acids is 3. The van der Waals surface area contributed by atoms with Crippen LogP contribution in [0.2, 0.25) is 0 Å². The average Bonchev–Trinajstić information content (AvgIpc) is 2.90. The largest absolute Gasteiger partial charge is 0.497 e. The van der Waals surface area contributed by atoms with Gasteiger partial charge in [0.05, 0.1) is 12.0 Å². The van der Waals surface area contributed by atoms with Crippen molar-refractivity contribution in [1.29, 1.82) is 0 Å². The van der Waals surface area contributed by atoms with Crippen LogP contribution in [0, 0.1) is 24.0 Å². The zero-order chi connectivity index (χ0) is 28.4. The standard InChI is InChI=1S/C28H29N3O8/c1-18-7-10-23(15-19(18)2)39-21-11-8-20(9-12-21)29-26(32)5-4-6-28(34)38-17-27(33)30-24-16-22(37-3)13-14-25(24)31(35)36/h7-16H,4-6,17H2,1-3H3,(H,29,32)(H,30,33). The number of amides is 2. The molecule has 0 saturated carbocycles. The van der Waals surface area contributed by atoms with Gasteiger partial charge in [0.15, 0.2) is 6.61 Å². The maximum Gasteiger partial charge on any atom is 0.306 e. The van der Waals surface area contributed by atoms with Gasteiger partial charge in [0, 0.05) is 30.7 Å². The molecule has 0 bridgehead atoms. The van der Waals surface area contributed by atoms with Gasteiger partial charge in [-0.15, -0.1) is 0 Å². The maximum absolute atomic E-state index is 12.2. The molecule has 3 aromatic rings. The maximum atomic E-state index is 12.2. The first kappa shape index (κ1) is 28.6. The van der Waals surface area contributed by atoms with Gasteiger partial charge in [0.2, 0.25) is 5.91 Å². The lowest BCUT2D eigenvalue weighted by atomic mass is 10.1. The van der Waals surface area contributed by atoms with Gasteiger partial charge in [-0.2, -0.15) is 0 Å². The van der Waals surface area contributed by atoms with Crippen LogP contribution in [0.5, 0.6) is 17.2 Å². The Kier molecular flexibility index (Phi) is 9.96. The highest BCUT2D eigenvalue weighted by Crippen LogP contribution is 2.29. The van der Waals surface area contributed by atoms with Gasteiger partial charge in [-0.05, 0) is 73.9 Å². The molecule has 0 fully saturated rings. The van der Waals surface area contributed by atoms with E-state index in [-0.39, 0.29) is 36.5 Å². The third kappa shape index (κ3) is 8.85. The van der Waals surface area contributed by atoms with Crippen molar-refractivity contribution in [3.05, 3.63) is 81.9 Å². The minimum absolute atomic E-state index is 0.0677. The summed E-state index contributed by atoms with van der Waals surface area (Å²) in [5, 5.41) is 16.2. The number of ether oxygens (including phenoxy) is 3. The lowest BCUT2D eigenvalue weighted by Gasteiger charge is -2.10. The second-order valence-electron chi connectivity index (χ2n) is 8.62. The number of hydrogen-bond acceptors (Lipinski definition) is 8. The van der Waals surface area contributed by atoms with Crippen LogP contribution in [0.4, 0.5) is 17.1 Å². The Balaban J connectivity index is 1.37. The van der Waals surface area contributed by atoms with Gasteiger partial charge >= 0.3 is 5.97 Å². The van der Waals surface area contributed by atoms with Crippen molar-refractivity contribution in [2.75, 3.05) is 24.4 Å². The minimum atomic E-state index is -0.748. The molecular formula is C28H29N3O8. The van der Waals surface area contributed by atoms with Crippen LogP contribution in [-0.4, -0.2) is 36.4 Å². The Morgan fingerprint density at radius 3 is 2.18 bits per heavy atom. The summed E-state index contributed by atoms with van der Waals surface area (Å²) < 4.78 is 15.8. The number of nitrogens with one attached hydrogen (secondary N) is 2. The van der Waals surface area contributed by atoms with Crippen LogP contribution >= 0.6 is 0 Å². The monoisotopic (exact) mass is 535 g/mol. The Labute approximate surface area is 225 Å². The van der Waals surface area contributed by atoms with Gasteiger partial charge in [0.25, 0.3) is 11.6 Å². The smallest absolute Gasteiger partial charge is 0.306 e. The lowest BCUT2D eigenvalue weighted by molar-refractivity contribution is -0.383. The van der Waals surface area contributed by atoms with E-state index in [4.69, 9.17) is 14.2 Å². The van der Waals surface area contributed by atoms with Crippen LogP contribution < -0.4 is 20.1 Å². The molecule has 0 aliphatic rings. The fourth-order valence-electron chi connectivity index (χ4n) is 3.44. The highest BCUT2D eigenvalue weighted by molar-refractivity contribution is 5.95. The number of nitro groups is 1. The van der Waals surface area contributed by atoms with E-state index in [1.54, 1.807) is 24.3 Å². The zero-order valence-electron chi connectivity index (χ0n) is 21.8. The topological polar surface area (TPSA) is 146 Å². The van der Waals surface area contributed by atoms with Crippen molar-refractivity contribution in [2.24, 2.45) is 0 Å².